The number of rotatable bonds is 4. The zero-order valence-electron chi connectivity index (χ0n) is 10.9. The van der Waals surface area contributed by atoms with Gasteiger partial charge < -0.3 is 10.5 Å². The summed E-state index contributed by atoms with van der Waals surface area (Å²) in [6.45, 7) is 0. The molecule has 0 spiro atoms. The van der Waals surface area contributed by atoms with Crippen molar-refractivity contribution in [2.24, 2.45) is 0 Å². The molecule has 0 bridgehead atoms. The van der Waals surface area contributed by atoms with Crippen molar-refractivity contribution in [3.63, 3.8) is 0 Å². The van der Waals surface area contributed by atoms with E-state index in [0.717, 1.165) is 18.2 Å². The molecular formula is C13H12F2N2O3S. The number of hydrogen-bond acceptors (Lipinski definition) is 4. The first-order valence-corrected chi connectivity index (χ1v) is 7.28. The van der Waals surface area contributed by atoms with E-state index in [9.17, 15) is 17.2 Å². The van der Waals surface area contributed by atoms with E-state index in [2.05, 4.69) is 4.72 Å². The van der Waals surface area contributed by atoms with E-state index < -0.39 is 21.7 Å². The van der Waals surface area contributed by atoms with Gasteiger partial charge in [0.1, 0.15) is 5.82 Å². The van der Waals surface area contributed by atoms with Gasteiger partial charge in [0.15, 0.2) is 17.3 Å². The summed E-state index contributed by atoms with van der Waals surface area (Å²) in [5.41, 5.74) is 5.78. The number of nitrogens with two attached hydrogens (primary N) is 1. The summed E-state index contributed by atoms with van der Waals surface area (Å²) in [6, 6.07) is 6.52. The third-order valence-corrected chi connectivity index (χ3v) is 4.09. The predicted molar refractivity (Wildman–Crippen MR) is 73.5 cm³/mol. The summed E-state index contributed by atoms with van der Waals surface area (Å²) in [7, 11) is -2.43. The first kappa shape index (κ1) is 15.2. The maximum absolute atomic E-state index is 13.5. The lowest BCUT2D eigenvalue weighted by molar-refractivity contribution is 0.438. The Labute approximate surface area is 120 Å². The summed E-state index contributed by atoms with van der Waals surface area (Å²) < 4.78 is 57.1. The molecule has 8 heteroatoms. The van der Waals surface area contributed by atoms with Gasteiger partial charge in [0, 0.05) is 12.1 Å². The molecule has 0 atom stereocenters. The molecule has 0 unspecified atom stereocenters. The molecule has 0 aliphatic carbocycles. The van der Waals surface area contributed by atoms with Crippen LogP contribution in [0.2, 0.25) is 0 Å². The maximum atomic E-state index is 13.5. The lowest BCUT2D eigenvalue weighted by Gasteiger charge is -2.11. The summed E-state index contributed by atoms with van der Waals surface area (Å²) in [6.07, 6.45) is 0. The van der Waals surface area contributed by atoms with Crippen LogP contribution in [-0.4, -0.2) is 15.5 Å². The molecule has 3 N–H and O–H groups in total. The van der Waals surface area contributed by atoms with Crippen molar-refractivity contribution in [1.29, 1.82) is 0 Å². The number of anilines is 1. The average molecular weight is 314 g/mol. The molecule has 2 rings (SSSR count). The SMILES string of the molecule is CNS(=O)(=O)c1ccc(N)c(Oc2ccc(F)cc2F)c1. The Bertz CT molecular complexity index is 779. The van der Waals surface area contributed by atoms with Gasteiger partial charge in [-0.25, -0.2) is 21.9 Å². The standard InChI is InChI=1S/C13H12F2N2O3S/c1-17-21(18,19)9-3-4-11(16)13(7-9)20-12-5-2-8(14)6-10(12)15/h2-7,17H,16H2,1H3. The molecule has 5 nitrogen and oxygen atoms in total. The molecule has 112 valence electrons. The van der Waals surface area contributed by atoms with Crippen molar-refractivity contribution in [2.75, 3.05) is 12.8 Å². The van der Waals surface area contributed by atoms with Crippen molar-refractivity contribution in [2.45, 2.75) is 4.90 Å². The highest BCUT2D eigenvalue weighted by atomic mass is 32.2. The summed E-state index contributed by atoms with van der Waals surface area (Å²) in [5.74, 6) is -1.98. The predicted octanol–water partition coefficient (Wildman–Crippen LogP) is 2.25. The molecule has 0 heterocycles. The Morgan fingerprint density at radius 3 is 2.43 bits per heavy atom. The van der Waals surface area contributed by atoms with Crippen LogP contribution in [0.4, 0.5) is 14.5 Å². The van der Waals surface area contributed by atoms with Crippen LogP contribution in [0.3, 0.4) is 0 Å². The highest BCUT2D eigenvalue weighted by Crippen LogP contribution is 2.31. The van der Waals surface area contributed by atoms with Crippen LogP contribution in [0.15, 0.2) is 41.3 Å². The molecule has 0 aliphatic heterocycles. The van der Waals surface area contributed by atoms with Crippen LogP contribution >= 0.6 is 0 Å². The molecule has 0 fully saturated rings. The van der Waals surface area contributed by atoms with Gasteiger partial charge in [-0.15, -0.1) is 0 Å². The van der Waals surface area contributed by atoms with E-state index in [4.69, 9.17) is 10.5 Å². The van der Waals surface area contributed by atoms with E-state index in [1.54, 1.807) is 0 Å². The van der Waals surface area contributed by atoms with Crippen LogP contribution < -0.4 is 15.2 Å². The van der Waals surface area contributed by atoms with Gasteiger partial charge in [0.05, 0.1) is 10.6 Å². The Balaban J connectivity index is 2.42. The first-order valence-electron chi connectivity index (χ1n) is 5.79. The van der Waals surface area contributed by atoms with E-state index in [1.165, 1.54) is 19.2 Å². The molecule has 2 aromatic carbocycles. The van der Waals surface area contributed by atoms with Crippen LogP contribution in [-0.2, 0) is 10.0 Å². The van der Waals surface area contributed by atoms with Gasteiger partial charge in [0.2, 0.25) is 10.0 Å². The minimum atomic E-state index is -3.69. The second kappa shape index (κ2) is 5.66. The van der Waals surface area contributed by atoms with Gasteiger partial charge in [0.25, 0.3) is 0 Å². The normalized spacial score (nSPS) is 11.4. The topological polar surface area (TPSA) is 81.4 Å². The highest BCUT2D eigenvalue weighted by molar-refractivity contribution is 7.89. The molecule has 0 saturated carbocycles. The Hall–Kier alpha value is -2.19. The second-order valence-corrected chi connectivity index (χ2v) is 5.97. The van der Waals surface area contributed by atoms with Crippen molar-refractivity contribution in [3.8, 4) is 11.5 Å². The fourth-order valence-electron chi connectivity index (χ4n) is 1.56. The van der Waals surface area contributed by atoms with Crippen LogP contribution in [0, 0.1) is 11.6 Å². The van der Waals surface area contributed by atoms with Crippen LogP contribution in [0.1, 0.15) is 0 Å². The minimum absolute atomic E-state index is 0.0446. The monoisotopic (exact) mass is 314 g/mol. The van der Waals surface area contributed by atoms with Gasteiger partial charge >= 0.3 is 0 Å². The summed E-state index contributed by atoms with van der Waals surface area (Å²) in [4.78, 5) is -0.0864. The molecule has 0 amide bonds. The summed E-state index contributed by atoms with van der Waals surface area (Å²) in [5, 5.41) is 0. The molecule has 0 aromatic heterocycles. The van der Waals surface area contributed by atoms with Crippen molar-refractivity contribution in [1.82, 2.24) is 4.72 Å². The van der Waals surface area contributed by atoms with Gasteiger partial charge in [-0.1, -0.05) is 0 Å². The van der Waals surface area contributed by atoms with E-state index in [1.807, 2.05) is 0 Å². The van der Waals surface area contributed by atoms with E-state index >= 15 is 0 Å². The van der Waals surface area contributed by atoms with Gasteiger partial charge in [-0.2, -0.15) is 0 Å². The Kier molecular flexibility index (Phi) is 4.10. The zero-order chi connectivity index (χ0) is 15.6. The van der Waals surface area contributed by atoms with Crippen molar-refractivity contribution >= 4 is 15.7 Å². The molecule has 21 heavy (non-hydrogen) atoms. The fourth-order valence-corrected chi connectivity index (χ4v) is 2.31. The number of sulfonamides is 1. The van der Waals surface area contributed by atoms with Crippen molar-refractivity contribution in [3.05, 3.63) is 48.0 Å². The second-order valence-electron chi connectivity index (χ2n) is 4.08. The minimum Gasteiger partial charge on any atom is -0.452 e. The van der Waals surface area contributed by atoms with E-state index in [-0.39, 0.29) is 22.1 Å². The molecular weight excluding hydrogens is 302 g/mol. The van der Waals surface area contributed by atoms with Gasteiger partial charge in [-0.3, -0.25) is 0 Å². The van der Waals surface area contributed by atoms with Gasteiger partial charge in [-0.05, 0) is 31.3 Å². The fraction of sp³-hybridized carbons (Fsp3) is 0.0769. The number of ether oxygens (including phenoxy) is 1. The van der Waals surface area contributed by atoms with Crippen molar-refractivity contribution < 1.29 is 21.9 Å². The number of benzene rings is 2. The Morgan fingerprint density at radius 2 is 1.81 bits per heavy atom. The summed E-state index contributed by atoms with van der Waals surface area (Å²) >= 11 is 0. The number of hydrogen-bond donors (Lipinski definition) is 2. The number of nitrogens with one attached hydrogen (secondary N) is 1. The average Bonchev–Trinajstić information content (AvgIpc) is 2.43. The molecule has 0 radical (unpaired) electrons. The third-order valence-electron chi connectivity index (χ3n) is 2.68. The molecule has 0 saturated heterocycles. The third kappa shape index (κ3) is 3.29. The van der Waals surface area contributed by atoms with Crippen LogP contribution in [0.5, 0.6) is 11.5 Å². The Morgan fingerprint density at radius 1 is 1.10 bits per heavy atom. The molecule has 2 aromatic rings. The number of halogens is 2. The lowest BCUT2D eigenvalue weighted by atomic mass is 10.3. The highest BCUT2D eigenvalue weighted by Gasteiger charge is 2.15. The number of nitrogen functional groups attached to an aromatic ring is 1. The largest absolute Gasteiger partial charge is 0.452 e. The maximum Gasteiger partial charge on any atom is 0.240 e. The smallest absolute Gasteiger partial charge is 0.240 e. The first-order chi connectivity index (χ1) is 9.83. The zero-order valence-corrected chi connectivity index (χ0v) is 11.7. The van der Waals surface area contributed by atoms with E-state index in [0.29, 0.717) is 6.07 Å². The van der Waals surface area contributed by atoms with Crippen LogP contribution in [0.25, 0.3) is 0 Å². The molecule has 0 aliphatic rings. The quantitative estimate of drug-likeness (QED) is 0.848. The lowest BCUT2D eigenvalue weighted by Crippen LogP contribution is -2.18.